The minimum absolute atomic E-state index is 0.0691. The highest BCUT2D eigenvalue weighted by molar-refractivity contribution is 6.01. The van der Waals surface area contributed by atoms with Crippen LogP contribution in [0.25, 0.3) is 5.57 Å². The monoisotopic (exact) mass is 378 g/mol. The van der Waals surface area contributed by atoms with Gasteiger partial charge in [0.15, 0.2) is 0 Å². The number of benzene rings is 1. The molecular formula is C19H21F3N4O. The summed E-state index contributed by atoms with van der Waals surface area (Å²) in [6, 6.07) is 3.91. The van der Waals surface area contributed by atoms with Gasteiger partial charge in [0.25, 0.3) is 0 Å². The van der Waals surface area contributed by atoms with Crippen LogP contribution in [0.4, 0.5) is 29.5 Å². The lowest BCUT2D eigenvalue weighted by Gasteiger charge is -2.15. The fourth-order valence-corrected chi connectivity index (χ4v) is 3.29. The lowest BCUT2D eigenvalue weighted by Crippen LogP contribution is -2.22. The summed E-state index contributed by atoms with van der Waals surface area (Å²) in [7, 11) is 1.72. The highest BCUT2D eigenvalue weighted by atomic mass is 19.4. The van der Waals surface area contributed by atoms with Gasteiger partial charge in [0, 0.05) is 18.3 Å². The van der Waals surface area contributed by atoms with E-state index >= 15 is 0 Å². The van der Waals surface area contributed by atoms with Gasteiger partial charge in [-0.05, 0) is 56.4 Å². The van der Waals surface area contributed by atoms with E-state index < -0.39 is 17.8 Å². The minimum Gasteiger partial charge on any atom is -0.308 e. The number of nitrogens with one attached hydrogen (secondary N) is 2. The highest BCUT2D eigenvalue weighted by Gasteiger charge is 2.30. The third kappa shape index (κ3) is 4.32. The Morgan fingerprint density at radius 1 is 1.22 bits per heavy atom. The van der Waals surface area contributed by atoms with Crippen molar-refractivity contribution in [1.82, 2.24) is 9.78 Å². The molecule has 2 N–H and O–H groups in total. The average Bonchev–Trinajstić information content (AvgIpc) is 2.88. The molecular weight excluding hydrogens is 357 g/mol. The third-order valence-electron chi connectivity index (χ3n) is 4.51. The van der Waals surface area contributed by atoms with Crippen molar-refractivity contribution in [2.24, 2.45) is 7.05 Å². The first-order valence-electron chi connectivity index (χ1n) is 8.74. The molecule has 2 amide bonds. The molecule has 0 radical (unpaired) electrons. The smallest absolute Gasteiger partial charge is 0.308 e. The Balaban J connectivity index is 1.80. The van der Waals surface area contributed by atoms with Gasteiger partial charge in [0.05, 0.1) is 11.3 Å². The number of nitrogens with zero attached hydrogens (tertiary/aromatic N) is 2. The summed E-state index contributed by atoms with van der Waals surface area (Å²) in [6.07, 6.45) is 1.81. The number of hydrogen-bond acceptors (Lipinski definition) is 2. The zero-order valence-corrected chi connectivity index (χ0v) is 15.2. The van der Waals surface area contributed by atoms with Gasteiger partial charge in [-0.15, -0.1) is 0 Å². The number of allylic oxidation sites excluding steroid dienone is 2. The van der Waals surface area contributed by atoms with Crippen LogP contribution in [-0.2, 0) is 13.2 Å². The first-order valence-corrected chi connectivity index (χ1v) is 8.74. The van der Waals surface area contributed by atoms with E-state index in [1.807, 2.05) is 6.92 Å². The lowest BCUT2D eigenvalue weighted by atomic mass is 9.93. The lowest BCUT2D eigenvalue weighted by molar-refractivity contribution is -0.137. The number of rotatable bonds is 3. The molecule has 0 aliphatic heterocycles. The molecule has 144 valence electrons. The number of hydrogen-bond donors (Lipinski definition) is 2. The zero-order chi connectivity index (χ0) is 19.6. The van der Waals surface area contributed by atoms with E-state index in [-0.39, 0.29) is 5.69 Å². The summed E-state index contributed by atoms with van der Waals surface area (Å²) < 4.78 is 40.0. The molecule has 8 heteroatoms. The molecule has 2 aromatic rings. The van der Waals surface area contributed by atoms with Gasteiger partial charge in [-0.25, -0.2) is 4.79 Å². The molecule has 0 unspecified atom stereocenters. The van der Waals surface area contributed by atoms with Crippen molar-refractivity contribution in [3.05, 3.63) is 47.2 Å². The molecule has 0 saturated carbocycles. The molecule has 3 rings (SSSR count). The first-order chi connectivity index (χ1) is 12.8. The van der Waals surface area contributed by atoms with E-state index in [0.29, 0.717) is 5.82 Å². The summed E-state index contributed by atoms with van der Waals surface area (Å²) >= 11 is 0. The third-order valence-corrected chi connectivity index (χ3v) is 4.51. The minimum atomic E-state index is -4.46. The summed E-state index contributed by atoms with van der Waals surface area (Å²) in [5, 5.41) is 9.57. The van der Waals surface area contributed by atoms with E-state index in [0.717, 1.165) is 54.6 Å². The molecule has 0 bridgehead atoms. The van der Waals surface area contributed by atoms with Crippen LogP contribution in [-0.4, -0.2) is 15.8 Å². The Labute approximate surface area is 155 Å². The molecule has 1 aromatic carbocycles. The molecule has 1 aliphatic rings. The van der Waals surface area contributed by atoms with Crippen LogP contribution in [0, 0.1) is 6.92 Å². The molecule has 1 aromatic heterocycles. The summed E-state index contributed by atoms with van der Waals surface area (Å²) in [5.74, 6) is 0.533. The van der Waals surface area contributed by atoms with Gasteiger partial charge >= 0.3 is 12.2 Å². The number of urea groups is 1. The van der Waals surface area contributed by atoms with Crippen LogP contribution in [0.2, 0.25) is 0 Å². The number of amides is 2. The topological polar surface area (TPSA) is 59.0 Å². The van der Waals surface area contributed by atoms with Gasteiger partial charge in [-0.2, -0.15) is 18.3 Å². The fourth-order valence-electron chi connectivity index (χ4n) is 3.29. The van der Waals surface area contributed by atoms with Crippen molar-refractivity contribution in [3.63, 3.8) is 0 Å². The SMILES string of the molecule is Cc1nn(C)c(NC(=O)Nc2cccc(C(F)(F)F)c2)c1C1=CCCCC1. The van der Waals surface area contributed by atoms with E-state index in [1.54, 1.807) is 11.7 Å². The standard InChI is InChI=1S/C19H21F3N4O/c1-12-16(13-7-4-3-5-8-13)17(26(2)25-12)24-18(27)23-15-10-6-9-14(11-15)19(20,21)22/h6-7,9-11H,3-5,8H2,1-2H3,(H2,23,24,27). The quantitative estimate of drug-likeness (QED) is 0.756. The number of halogens is 3. The molecule has 0 atom stereocenters. The van der Waals surface area contributed by atoms with Crippen LogP contribution in [0.3, 0.4) is 0 Å². The number of carbonyl (C=O) groups excluding carboxylic acids is 1. The van der Waals surface area contributed by atoms with E-state index in [2.05, 4.69) is 21.8 Å². The normalized spacial score (nSPS) is 14.6. The number of aryl methyl sites for hydroxylation is 2. The van der Waals surface area contributed by atoms with Crippen LogP contribution in [0.1, 0.15) is 42.5 Å². The number of aromatic nitrogens is 2. The van der Waals surface area contributed by atoms with Crippen LogP contribution >= 0.6 is 0 Å². The molecule has 1 aliphatic carbocycles. The maximum atomic E-state index is 12.8. The molecule has 0 saturated heterocycles. The largest absolute Gasteiger partial charge is 0.416 e. The second-order valence-corrected chi connectivity index (χ2v) is 6.57. The van der Waals surface area contributed by atoms with Gasteiger partial charge in [0.1, 0.15) is 5.82 Å². The van der Waals surface area contributed by atoms with Gasteiger partial charge in [-0.3, -0.25) is 10.00 Å². The van der Waals surface area contributed by atoms with Gasteiger partial charge < -0.3 is 5.32 Å². The number of carbonyl (C=O) groups is 1. The van der Waals surface area contributed by atoms with Crippen molar-refractivity contribution in [1.29, 1.82) is 0 Å². The molecule has 0 fully saturated rings. The molecule has 0 spiro atoms. The van der Waals surface area contributed by atoms with Crippen molar-refractivity contribution in [3.8, 4) is 0 Å². The Morgan fingerprint density at radius 2 is 2.00 bits per heavy atom. The fraction of sp³-hybridized carbons (Fsp3) is 0.368. The maximum absolute atomic E-state index is 12.8. The average molecular weight is 378 g/mol. The van der Waals surface area contributed by atoms with Crippen LogP contribution < -0.4 is 10.6 Å². The Kier molecular flexibility index (Phi) is 5.25. The number of alkyl halides is 3. The zero-order valence-electron chi connectivity index (χ0n) is 15.2. The van der Waals surface area contributed by atoms with E-state index in [4.69, 9.17) is 0 Å². The second kappa shape index (κ2) is 7.46. The Morgan fingerprint density at radius 3 is 2.67 bits per heavy atom. The molecule has 5 nitrogen and oxygen atoms in total. The Hall–Kier alpha value is -2.77. The summed E-state index contributed by atoms with van der Waals surface area (Å²) in [5.41, 5.74) is 2.09. The highest BCUT2D eigenvalue weighted by Crippen LogP contribution is 2.34. The predicted molar refractivity (Wildman–Crippen MR) is 98.5 cm³/mol. The summed E-state index contributed by atoms with van der Waals surface area (Å²) in [4.78, 5) is 12.4. The van der Waals surface area contributed by atoms with Crippen molar-refractivity contribution >= 4 is 23.1 Å². The predicted octanol–water partition coefficient (Wildman–Crippen LogP) is 5.35. The summed E-state index contributed by atoms with van der Waals surface area (Å²) in [6.45, 7) is 1.88. The van der Waals surface area contributed by atoms with E-state index in [9.17, 15) is 18.0 Å². The van der Waals surface area contributed by atoms with Gasteiger partial charge in [0.2, 0.25) is 0 Å². The van der Waals surface area contributed by atoms with E-state index in [1.165, 1.54) is 12.1 Å². The maximum Gasteiger partial charge on any atom is 0.416 e. The first kappa shape index (κ1) is 19.0. The van der Waals surface area contributed by atoms with Crippen molar-refractivity contribution in [2.45, 2.75) is 38.8 Å². The molecule has 27 heavy (non-hydrogen) atoms. The Bertz CT molecular complexity index is 884. The molecule has 1 heterocycles. The van der Waals surface area contributed by atoms with Crippen molar-refractivity contribution in [2.75, 3.05) is 10.6 Å². The van der Waals surface area contributed by atoms with Crippen LogP contribution in [0.5, 0.6) is 0 Å². The number of anilines is 2. The van der Waals surface area contributed by atoms with Crippen molar-refractivity contribution < 1.29 is 18.0 Å². The van der Waals surface area contributed by atoms with Gasteiger partial charge in [-0.1, -0.05) is 12.1 Å². The second-order valence-electron chi connectivity index (χ2n) is 6.57. The van der Waals surface area contributed by atoms with Crippen LogP contribution in [0.15, 0.2) is 30.3 Å².